The summed E-state index contributed by atoms with van der Waals surface area (Å²) < 4.78 is 10.8. The number of urea groups is 1. The van der Waals surface area contributed by atoms with Crippen LogP contribution in [-0.4, -0.2) is 68.9 Å². The zero-order valence-corrected chi connectivity index (χ0v) is 14.2. The summed E-state index contributed by atoms with van der Waals surface area (Å²) in [5.74, 6) is 0.936. The van der Waals surface area contributed by atoms with Gasteiger partial charge in [0.15, 0.2) is 0 Å². The predicted molar refractivity (Wildman–Crippen MR) is 89.3 cm³/mol. The van der Waals surface area contributed by atoms with Gasteiger partial charge in [-0.25, -0.2) is 4.79 Å². The summed E-state index contributed by atoms with van der Waals surface area (Å²) in [5, 5.41) is 3.40. The minimum absolute atomic E-state index is 0.0987. The Morgan fingerprint density at radius 2 is 2.17 bits per heavy atom. The number of hydrogen-bond acceptors (Lipinski definition) is 4. The molecule has 2 heterocycles. The Morgan fingerprint density at radius 3 is 2.91 bits per heavy atom. The number of nitrogens with one attached hydrogen (secondary N) is 1. The van der Waals surface area contributed by atoms with Crippen LogP contribution < -0.4 is 10.1 Å². The van der Waals surface area contributed by atoms with Gasteiger partial charge in [0.1, 0.15) is 5.75 Å². The summed E-state index contributed by atoms with van der Waals surface area (Å²) in [6.45, 7) is 3.71. The molecule has 2 saturated heterocycles. The largest absolute Gasteiger partial charge is 0.495 e. The van der Waals surface area contributed by atoms with E-state index in [0.29, 0.717) is 48.7 Å². The third kappa shape index (κ3) is 3.71. The minimum atomic E-state index is -0.0987. The van der Waals surface area contributed by atoms with Gasteiger partial charge in [-0.05, 0) is 25.2 Å². The number of likely N-dealkylation sites (N-methyl/N-ethyl adjacent to an activating group) is 1. The maximum absolute atomic E-state index is 12.6. The molecular formula is C16H22ClN3O3. The van der Waals surface area contributed by atoms with Crippen LogP contribution in [0, 0.1) is 5.92 Å². The number of halogens is 1. The van der Waals surface area contributed by atoms with Gasteiger partial charge in [-0.15, -0.1) is 0 Å². The van der Waals surface area contributed by atoms with Crippen LogP contribution in [0.2, 0.25) is 5.02 Å². The van der Waals surface area contributed by atoms with Crippen molar-refractivity contribution >= 4 is 23.3 Å². The van der Waals surface area contributed by atoms with Crippen molar-refractivity contribution in [2.75, 3.05) is 52.3 Å². The van der Waals surface area contributed by atoms with Crippen molar-refractivity contribution in [1.29, 1.82) is 0 Å². The lowest BCUT2D eigenvalue weighted by Crippen LogP contribution is -2.46. The topological polar surface area (TPSA) is 54.0 Å². The predicted octanol–water partition coefficient (Wildman–Crippen LogP) is 2.14. The molecule has 0 radical (unpaired) electrons. The van der Waals surface area contributed by atoms with Crippen molar-refractivity contribution in [2.24, 2.45) is 5.92 Å². The number of ether oxygens (including phenoxy) is 2. The number of fused-ring (bicyclic) bond motifs is 3. The zero-order valence-electron chi connectivity index (χ0n) is 13.4. The molecule has 0 aromatic heterocycles. The Bertz CT molecular complexity index is 584. The second-order valence-electron chi connectivity index (χ2n) is 6.18. The van der Waals surface area contributed by atoms with E-state index in [-0.39, 0.29) is 12.1 Å². The normalized spacial score (nSPS) is 24.9. The van der Waals surface area contributed by atoms with E-state index in [1.165, 1.54) is 0 Å². The molecule has 1 N–H and O–H groups in total. The molecule has 0 unspecified atom stereocenters. The summed E-state index contributed by atoms with van der Waals surface area (Å²) in [5.41, 5.74) is 0.666. The van der Waals surface area contributed by atoms with Gasteiger partial charge < -0.3 is 19.7 Å². The molecule has 2 fully saturated rings. The Hall–Kier alpha value is -1.50. The van der Waals surface area contributed by atoms with Crippen LogP contribution in [0.3, 0.4) is 0 Å². The number of benzene rings is 1. The molecule has 23 heavy (non-hydrogen) atoms. The summed E-state index contributed by atoms with van der Waals surface area (Å²) >= 11 is 6.11. The molecule has 2 bridgehead atoms. The molecule has 2 amide bonds. The van der Waals surface area contributed by atoms with Crippen LogP contribution in [0.1, 0.15) is 0 Å². The highest BCUT2D eigenvalue weighted by molar-refractivity contribution is 6.32. The number of methoxy groups -OCH3 is 1. The summed E-state index contributed by atoms with van der Waals surface area (Å²) in [4.78, 5) is 16.8. The number of carbonyl (C=O) groups is 1. The molecule has 7 heteroatoms. The fourth-order valence-electron chi connectivity index (χ4n) is 3.16. The first-order chi connectivity index (χ1) is 11.1. The maximum atomic E-state index is 12.6. The maximum Gasteiger partial charge on any atom is 0.321 e. The molecular weight excluding hydrogens is 318 g/mol. The quantitative estimate of drug-likeness (QED) is 0.897. The highest BCUT2D eigenvalue weighted by Crippen LogP contribution is 2.27. The fourth-order valence-corrected chi connectivity index (χ4v) is 3.42. The standard InChI is InChI=1S/C16H22ClN3O3/c1-19-6-11-7-20(8-13(19)10-23-9-11)16(21)18-12-3-4-15(22-2)14(17)5-12/h3-5,11,13H,6-10H2,1-2H3,(H,18,21)/t11-,13+/m1/s1. The van der Waals surface area contributed by atoms with Gasteiger partial charge in [-0.2, -0.15) is 0 Å². The van der Waals surface area contributed by atoms with E-state index in [9.17, 15) is 4.79 Å². The van der Waals surface area contributed by atoms with Crippen molar-refractivity contribution in [2.45, 2.75) is 6.04 Å². The highest BCUT2D eigenvalue weighted by Gasteiger charge is 2.33. The van der Waals surface area contributed by atoms with Crippen LogP contribution in [-0.2, 0) is 4.74 Å². The lowest BCUT2D eigenvalue weighted by molar-refractivity contribution is 0.0643. The van der Waals surface area contributed by atoms with E-state index < -0.39 is 0 Å². The van der Waals surface area contributed by atoms with Crippen LogP contribution in [0.5, 0.6) is 5.75 Å². The molecule has 1 aromatic carbocycles. The van der Waals surface area contributed by atoms with Crippen molar-refractivity contribution in [1.82, 2.24) is 9.80 Å². The van der Waals surface area contributed by atoms with E-state index in [0.717, 1.165) is 6.54 Å². The molecule has 0 aliphatic carbocycles. The zero-order chi connectivity index (χ0) is 16.4. The smallest absolute Gasteiger partial charge is 0.321 e. The van der Waals surface area contributed by atoms with Crippen LogP contribution in [0.4, 0.5) is 10.5 Å². The molecule has 2 aliphatic heterocycles. The number of nitrogens with zero attached hydrogens (tertiary/aromatic N) is 2. The first-order valence-corrected chi connectivity index (χ1v) is 8.12. The van der Waals surface area contributed by atoms with Gasteiger partial charge in [-0.3, -0.25) is 4.90 Å². The number of amides is 2. The van der Waals surface area contributed by atoms with Crippen molar-refractivity contribution in [3.8, 4) is 5.75 Å². The third-order valence-corrected chi connectivity index (χ3v) is 4.73. The molecule has 2 atom stereocenters. The second-order valence-corrected chi connectivity index (χ2v) is 6.59. The van der Waals surface area contributed by atoms with Crippen LogP contribution >= 0.6 is 11.6 Å². The summed E-state index contributed by atoms with van der Waals surface area (Å²) in [7, 11) is 3.66. The van der Waals surface area contributed by atoms with Crippen molar-refractivity contribution in [3.63, 3.8) is 0 Å². The van der Waals surface area contributed by atoms with Gasteiger partial charge in [-0.1, -0.05) is 11.6 Å². The minimum Gasteiger partial charge on any atom is -0.495 e. The van der Waals surface area contributed by atoms with Gasteiger partial charge >= 0.3 is 6.03 Å². The molecule has 2 aliphatic rings. The highest BCUT2D eigenvalue weighted by atomic mass is 35.5. The van der Waals surface area contributed by atoms with Crippen LogP contribution in [0.25, 0.3) is 0 Å². The number of anilines is 1. The lowest BCUT2D eigenvalue weighted by atomic mass is 10.1. The molecule has 0 spiro atoms. The van der Waals surface area contributed by atoms with E-state index >= 15 is 0 Å². The van der Waals surface area contributed by atoms with Crippen molar-refractivity contribution in [3.05, 3.63) is 23.2 Å². The fraction of sp³-hybridized carbons (Fsp3) is 0.562. The summed E-state index contributed by atoms with van der Waals surface area (Å²) in [6.07, 6.45) is 0. The van der Waals surface area contributed by atoms with E-state index in [2.05, 4.69) is 17.3 Å². The Kier molecular flexibility index (Phi) is 4.94. The summed E-state index contributed by atoms with van der Waals surface area (Å²) in [6, 6.07) is 5.38. The molecule has 126 valence electrons. The molecule has 0 saturated carbocycles. The third-order valence-electron chi connectivity index (χ3n) is 4.43. The number of carbonyl (C=O) groups excluding carboxylic acids is 1. The molecule has 6 nitrogen and oxygen atoms in total. The molecule has 1 aromatic rings. The van der Waals surface area contributed by atoms with Crippen molar-refractivity contribution < 1.29 is 14.3 Å². The lowest BCUT2D eigenvalue weighted by Gasteiger charge is -2.29. The average Bonchev–Trinajstić information content (AvgIpc) is 2.76. The first kappa shape index (κ1) is 16.4. The van der Waals surface area contributed by atoms with Gasteiger partial charge in [0.25, 0.3) is 0 Å². The number of hydrogen-bond donors (Lipinski definition) is 1. The van der Waals surface area contributed by atoms with Gasteiger partial charge in [0.2, 0.25) is 0 Å². The monoisotopic (exact) mass is 339 g/mol. The van der Waals surface area contributed by atoms with Gasteiger partial charge in [0, 0.05) is 31.2 Å². The average molecular weight is 340 g/mol. The SMILES string of the molecule is COc1ccc(NC(=O)N2C[C@@H]3COC[C@H](C2)N(C)C3)cc1Cl. The van der Waals surface area contributed by atoms with E-state index in [4.69, 9.17) is 21.1 Å². The molecule has 3 rings (SSSR count). The second kappa shape index (κ2) is 6.95. The Morgan fingerprint density at radius 1 is 1.35 bits per heavy atom. The number of rotatable bonds is 2. The first-order valence-electron chi connectivity index (χ1n) is 7.74. The van der Waals surface area contributed by atoms with E-state index in [1.54, 1.807) is 25.3 Å². The van der Waals surface area contributed by atoms with E-state index in [1.807, 2.05) is 4.90 Å². The van der Waals surface area contributed by atoms with Crippen LogP contribution in [0.15, 0.2) is 18.2 Å². The Balaban J connectivity index is 1.69. The van der Waals surface area contributed by atoms with Gasteiger partial charge in [0.05, 0.1) is 31.4 Å². The Labute approximate surface area is 141 Å².